The van der Waals surface area contributed by atoms with E-state index in [-0.39, 0.29) is 5.91 Å². The molecule has 0 saturated carbocycles. The number of hydrogen-bond donors (Lipinski definition) is 1. The Morgan fingerprint density at radius 3 is 2.64 bits per heavy atom. The van der Waals surface area contributed by atoms with Crippen LogP contribution in [0.2, 0.25) is 0 Å². The highest BCUT2D eigenvalue weighted by molar-refractivity contribution is 5.92. The number of pyridine rings is 1. The second-order valence-electron chi connectivity index (χ2n) is 4.87. The van der Waals surface area contributed by atoms with E-state index in [0.717, 1.165) is 11.4 Å². The molecule has 6 nitrogen and oxygen atoms in total. The maximum Gasteiger partial charge on any atom is 0.272 e. The molecule has 2 heterocycles. The first-order valence-corrected chi connectivity index (χ1v) is 7.42. The first-order chi connectivity index (χ1) is 10.6. The summed E-state index contributed by atoms with van der Waals surface area (Å²) in [5.41, 5.74) is 2.07. The Morgan fingerprint density at radius 2 is 2.00 bits per heavy atom. The number of nitrogens with one attached hydrogen (secondary N) is 1. The Balaban J connectivity index is 2.14. The third-order valence-corrected chi connectivity index (χ3v) is 3.28. The SMILES string of the molecule is CCN(CC)C(=O)c1cc(C)nc(NCc2ccccn2)n1. The Labute approximate surface area is 130 Å². The quantitative estimate of drug-likeness (QED) is 0.886. The number of rotatable bonds is 6. The fourth-order valence-corrected chi connectivity index (χ4v) is 2.10. The predicted molar refractivity (Wildman–Crippen MR) is 85.6 cm³/mol. The van der Waals surface area contributed by atoms with Gasteiger partial charge in [-0.2, -0.15) is 0 Å². The lowest BCUT2D eigenvalue weighted by Crippen LogP contribution is -2.31. The fourth-order valence-electron chi connectivity index (χ4n) is 2.10. The molecule has 22 heavy (non-hydrogen) atoms. The van der Waals surface area contributed by atoms with Crippen molar-refractivity contribution in [2.45, 2.75) is 27.3 Å². The first-order valence-electron chi connectivity index (χ1n) is 7.42. The van der Waals surface area contributed by atoms with Gasteiger partial charge in [-0.05, 0) is 39.0 Å². The molecule has 0 bridgehead atoms. The summed E-state index contributed by atoms with van der Waals surface area (Å²) >= 11 is 0. The fraction of sp³-hybridized carbons (Fsp3) is 0.375. The zero-order valence-corrected chi connectivity index (χ0v) is 13.2. The average molecular weight is 299 g/mol. The van der Waals surface area contributed by atoms with Crippen molar-refractivity contribution in [2.24, 2.45) is 0 Å². The lowest BCUT2D eigenvalue weighted by Gasteiger charge is -2.18. The van der Waals surface area contributed by atoms with Crippen LogP contribution in [0.1, 0.15) is 35.7 Å². The first kappa shape index (κ1) is 15.9. The van der Waals surface area contributed by atoms with Crippen LogP contribution in [0.3, 0.4) is 0 Å². The van der Waals surface area contributed by atoms with Gasteiger partial charge in [-0.3, -0.25) is 9.78 Å². The van der Waals surface area contributed by atoms with Crippen LogP contribution in [0.15, 0.2) is 30.5 Å². The van der Waals surface area contributed by atoms with Gasteiger partial charge in [0.15, 0.2) is 0 Å². The van der Waals surface area contributed by atoms with Gasteiger partial charge >= 0.3 is 0 Å². The van der Waals surface area contributed by atoms with Gasteiger partial charge in [0.25, 0.3) is 5.91 Å². The van der Waals surface area contributed by atoms with Crippen molar-refractivity contribution < 1.29 is 4.79 Å². The second-order valence-corrected chi connectivity index (χ2v) is 4.87. The minimum atomic E-state index is -0.0728. The van der Waals surface area contributed by atoms with Crippen molar-refractivity contribution in [3.05, 3.63) is 47.5 Å². The summed E-state index contributed by atoms with van der Waals surface area (Å²) < 4.78 is 0. The number of carbonyl (C=O) groups excluding carboxylic acids is 1. The van der Waals surface area contributed by atoms with Crippen LogP contribution in [0.5, 0.6) is 0 Å². The number of nitrogens with zero attached hydrogens (tertiary/aromatic N) is 4. The Kier molecular flexibility index (Phi) is 5.41. The molecule has 0 aliphatic rings. The van der Waals surface area contributed by atoms with Crippen molar-refractivity contribution in [1.82, 2.24) is 19.9 Å². The molecule has 1 amide bonds. The molecule has 0 aromatic carbocycles. The summed E-state index contributed by atoms with van der Waals surface area (Å²) in [7, 11) is 0. The highest BCUT2D eigenvalue weighted by atomic mass is 16.2. The third-order valence-electron chi connectivity index (χ3n) is 3.28. The van der Waals surface area contributed by atoms with E-state index in [1.54, 1.807) is 17.2 Å². The molecule has 1 N–H and O–H groups in total. The standard InChI is InChI=1S/C16H21N5O/c1-4-21(5-2)15(22)14-10-12(3)19-16(20-14)18-11-13-8-6-7-9-17-13/h6-10H,4-5,11H2,1-3H3,(H,18,19,20). The molecular weight excluding hydrogens is 278 g/mol. The number of hydrogen-bond acceptors (Lipinski definition) is 5. The van der Waals surface area contributed by atoms with Crippen molar-refractivity contribution in [1.29, 1.82) is 0 Å². The van der Waals surface area contributed by atoms with E-state index in [1.165, 1.54) is 0 Å². The highest BCUT2D eigenvalue weighted by Gasteiger charge is 2.15. The van der Waals surface area contributed by atoms with Crippen LogP contribution in [0.4, 0.5) is 5.95 Å². The molecule has 0 unspecified atom stereocenters. The minimum absolute atomic E-state index is 0.0728. The van der Waals surface area contributed by atoms with E-state index in [9.17, 15) is 4.79 Å². The normalized spacial score (nSPS) is 10.3. The van der Waals surface area contributed by atoms with Gasteiger partial charge in [0.05, 0.1) is 12.2 Å². The molecular formula is C16H21N5O. The number of aryl methyl sites for hydroxylation is 1. The summed E-state index contributed by atoms with van der Waals surface area (Å²) in [5, 5.41) is 3.12. The van der Waals surface area contributed by atoms with Crippen LogP contribution < -0.4 is 5.32 Å². The Morgan fingerprint density at radius 1 is 1.23 bits per heavy atom. The van der Waals surface area contributed by atoms with E-state index < -0.39 is 0 Å². The van der Waals surface area contributed by atoms with E-state index in [2.05, 4.69) is 20.3 Å². The maximum atomic E-state index is 12.4. The zero-order valence-electron chi connectivity index (χ0n) is 13.2. The van der Waals surface area contributed by atoms with Gasteiger partial charge in [-0.25, -0.2) is 9.97 Å². The van der Waals surface area contributed by atoms with Crippen LogP contribution in [-0.4, -0.2) is 38.8 Å². The van der Waals surface area contributed by atoms with Crippen molar-refractivity contribution >= 4 is 11.9 Å². The van der Waals surface area contributed by atoms with Gasteiger partial charge in [-0.1, -0.05) is 6.07 Å². The van der Waals surface area contributed by atoms with Gasteiger partial charge in [0.2, 0.25) is 5.95 Å². The lowest BCUT2D eigenvalue weighted by molar-refractivity contribution is 0.0767. The van der Waals surface area contributed by atoms with Gasteiger partial charge in [-0.15, -0.1) is 0 Å². The van der Waals surface area contributed by atoms with Gasteiger partial charge in [0, 0.05) is 25.0 Å². The summed E-state index contributed by atoms with van der Waals surface area (Å²) in [5.74, 6) is 0.373. The summed E-state index contributed by atoms with van der Waals surface area (Å²) in [6, 6.07) is 7.43. The molecule has 0 fully saturated rings. The molecule has 0 saturated heterocycles. The third kappa shape index (κ3) is 4.00. The number of anilines is 1. The molecule has 0 atom stereocenters. The topological polar surface area (TPSA) is 71.0 Å². The number of aromatic nitrogens is 3. The zero-order chi connectivity index (χ0) is 15.9. The van der Waals surface area contributed by atoms with Crippen LogP contribution >= 0.6 is 0 Å². The van der Waals surface area contributed by atoms with E-state index in [0.29, 0.717) is 31.3 Å². The van der Waals surface area contributed by atoms with Crippen LogP contribution in [0, 0.1) is 6.92 Å². The maximum absolute atomic E-state index is 12.4. The van der Waals surface area contributed by atoms with Gasteiger partial charge in [0.1, 0.15) is 5.69 Å². The van der Waals surface area contributed by atoms with Crippen molar-refractivity contribution in [3.8, 4) is 0 Å². The molecule has 6 heteroatoms. The van der Waals surface area contributed by atoms with Crippen molar-refractivity contribution in [2.75, 3.05) is 18.4 Å². The van der Waals surface area contributed by atoms with E-state index in [1.807, 2.05) is 39.0 Å². The predicted octanol–water partition coefficient (Wildman–Crippen LogP) is 2.27. The smallest absolute Gasteiger partial charge is 0.272 e. The molecule has 2 aromatic heterocycles. The molecule has 2 aromatic rings. The second kappa shape index (κ2) is 7.49. The van der Waals surface area contributed by atoms with Crippen molar-refractivity contribution in [3.63, 3.8) is 0 Å². The monoisotopic (exact) mass is 299 g/mol. The summed E-state index contributed by atoms with van der Waals surface area (Å²) in [6.07, 6.45) is 1.74. The molecule has 2 rings (SSSR count). The Bertz CT molecular complexity index is 626. The minimum Gasteiger partial charge on any atom is -0.349 e. The lowest BCUT2D eigenvalue weighted by atomic mass is 10.3. The molecule has 0 spiro atoms. The Hall–Kier alpha value is -2.50. The number of carbonyl (C=O) groups is 1. The van der Waals surface area contributed by atoms with Crippen LogP contribution in [0.25, 0.3) is 0 Å². The largest absolute Gasteiger partial charge is 0.349 e. The summed E-state index contributed by atoms with van der Waals surface area (Å²) in [4.78, 5) is 27.0. The summed E-state index contributed by atoms with van der Waals surface area (Å²) in [6.45, 7) is 7.60. The highest BCUT2D eigenvalue weighted by Crippen LogP contribution is 2.09. The molecule has 0 aliphatic carbocycles. The van der Waals surface area contributed by atoms with Crippen LogP contribution in [-0.2, 0) is 6.54 Å². The van der Waals surface area contributed by atoms with E-state index in [4.69, 9.17) is 0 Å². The molecule has 116 valence electrons. The molecule has 0 aliphatic heterocycles. The van der Waals surface area contributed by atoms with Gasteiger partial charge < -0.3 is 10.2 Å². The number of amides is 1. The average Bonchev–Trinajstić information content (AvgIpc) is 2.54. The van der Waals surface area contributed by atoms with E-state index >= 15 is 0 Å². The molecule has 0 radical (unpaired) electrons.